The van der Waals surface area contributed by atoms with Crippen LogP contribution in [0.5, 0.6) is 0 Å². The summed E-state index contributed by atoms with van der Waals surface area (Å²) in [6, 6.07) is 0. The van der Waals surface area contributed by atoms with Gasteiger partial charge in [0.05, 0.1) is 0 Å². The third kappa shape index (κ3) is 4.11. The summed E-state index contributed by atoms with van der Waals surface area (Å²) in [5.74, 6) is 0. The Hall–Kier alpha value is 0.430. The van der Waals surface area contributed by atoms with Crippen LogP contribution in [0.25, 0.3) is 0 Å². The normalized spacial score (nSPS) is 16.5. The SMILES string of the molecule is CCCC[PH](C)(C)C(C)CC. The second-order valence-corrected chi connectivity index (χ2v) is 9.86. The predicted octanol–water partition coefficient (Wildman–Crippen LogP) is 3.59. The van der Waals surface area contributed by atoms with Crippen LogP contribution in [-0.2, 0) is 0 Å². The second-order valence-electron chi connectivity index (χ2n) is 4.40. The molecule has 0 amide bonds. The van der Waals surface area contributed by atoms with Gasteiger partial charge >= 0.3 is 72.4 Å². The molecule has 0 nitrogen and oxygen atoms in total. The Morgan fingerprint density at radius 3 is 2.09 bits per heavy atom. The third-order valence-corrected chi connectivity index (χ3v) is 7.84. The third-order valence-electron chi connectivity index (χ3n) is 3.12. The van der Waals surface area contributed by atoms with E-state index in [0.29, 0.717) is 0 Å². The molecule has 70 valence electrons. The summed E-state index contributed by atoms with van der Waals surface area (Å²) in [5.41, 5.74) is 1.01. The summed E-state index contributed by atoms with van der Waals surface area (Å²) in [4.78, 5) is 0. The Bertz CT molecular complexity index is 97.0. The van der Waals surface area contributed by atoms with E-state index in [1.165, 1.54) is 25.4 Å². The van der Waals surface area contributed by atoms with E-state index in [1.54, 1.807) is 0 Å². The zero-order chi connectivity index (χ0) is 8.91. The van der Waals surface area contributed by atoms with Crippen LogP contribution >= 0.6 is 7.26 Å². The number of rotatable bonds is 5. The maximum absolute atomic E-state index is 2.54. The summed E-state index contributed by atoms with van der Waals surface area (Å²) >= 11 is 0. The van der Waals surface area contributed by atoms with Gasteiger partial charge < -0.3 is 0 Å². The van der Waals surface area contributed by atoms with Crippen molar-refractivity contribution in [2.24, 2.45) is 0 Å². The molecular weight excluding hydrogens is 151 g/mol. The van der Waals surface area contributed by atoms with E-state index in [9.17, 15) is 0 Å². The van der Waals surface area contributed by atoms with Crippen LogP contribution in [0.2, 0.25) is 0 Å². The molecule has 0 N–H and O–H groups in total. The first kappa shape index (κ1) is 11.4. The topological polar surface area (TPSA) is 0 Å². The molecule has 1 atom stereocenters. The Kier molecular flexibility index (Phi) is 5.34. The molecule has 11 heavy (non-hydrogen) atoms. The quantitative estimate of drug-likeness (QED) is 0.561. The van der Waals surface area contributed by atoms with Crippen molar-refractivity contribution in [3.8, 4) is 0 Å². The molecule has 0 aromatic rings. The summed E-state index contributed by atoms with van der Waals surface area (Å²) in [5, 5.41) is 0. The predicted molar refractivity (Wildman–Crippen MR) is 59.7 cm³/mol. The number of unbranched alkanes of at least 4 members (excludes halogenated alkanes) is 1. The van der Waals surface area contributed by atoms with E-state index in [2.05, 4.69) is 34.1 Å². The molecule has 0 radical (unpaired) electrons. The van der Waals surface area contributed by atoms with Gasteiger partial charge in [0.25, 0.3) is 0 Å². The van der Waals surface area contributed by atoms with Gasteiger partial charge in [-0.05, 0) is 0 Å². The number of hydrogen-bond acceptors (Lipinski definition) is 0. The standard InChI is InChI=1S/C10H25P/c1-6-8-9-11(4,5)10(3)7-2/h10-11H,6-9H2,1-5H3. The molecule has 0 aromatic heterocycles. The van der Waals surface area contributed by atoms with Gasteiger partial charge in [0.1, 0.15) is 0 Å². The van der Waals surface area contributed by atoms with Crippen LogP contribution in [0.15, 0.2) is 0 Å². The fourth-order valence-electron chi connectivity index (χ4n) is 1.43. The second kappa shape index (κ2) is 5.14. The molecule has 1 unspecified atom stereocenters. The Morgan fingerprint density at radius 1 is 1.18 bits per heavy atom. The molecule has 0 saturated carbocycles. The fourth-order valence-corrected chi connectivity index (χ4v) is 4.29. The zero-order valence-corrected chi connectivity index (χ0v) is 9.91. The van der Waals surface area contributed by atoms with Crippen molar-refractivity contribution in [2.45, 2.75) is 45.7 Å². The van der Waals surface area contributed by atoms with Crippen LogP contribution in [0.3, 0.4) is 0 Å². The molecule has 0 aliphatic heterocycles. The van der Waals surface area contributed by atoms with Crippen LogP contribution in [0.4, 0.5) is 0 Å². The molecule has 0 aliphatic rings. The van der Waals surface area contributed by atoms with Gasteiger partial charge in [-0.1, -0.05) is 0 Å². The molecule has 0 aliphatic carbocycles. The fraction of sp³-hybridized carbons (Fsp3) is 1.00. The Balaban J connectivity index is 3.77. The van der Waals surface area contributed by atoms with Crippen molar-refractivity contribution in [1.82, 2.24) is 0 Å². The van der Waals surface area contributed by atoms with Gasteiger partial charge in [0.2, 0.25) is 0 Å². The monoisotopic (exact) mass is 176 g/mol. The minimum absolute atomic E-state index is 0.828. The first-order valence-electron chi connectivity index (χ1n) is 5.04. The van der Waals surface area contributed by atoms with E-state index >= 15 is 0 Å². The Labute approximate surface area is 73.1 Å². The molecular formula is C10H25P. The van der Waals surface area contributed by atoms with E-state index in [4.69, 9.17) is 0 Å². The summed E-state index contributed by atoms with van der Waals surface area (Å²) in [7, 11) is -0.828. The van der Waals surface area contributed by atoms with Gasteiger partial charge in [0, 0.05) is 0 Å². The van der Waals surface area contributed by atoms with Crippen LogP contribution in [0.1, 0.15) is 40.0 Å². The van der Waals surface area contributed by atoms with E-state index in [1.807, 2.05) is 0 Å². The molecule has 0 saturated heterocycles. The van der Waals surface area contributed by atoms with Crippen molar-refractivity contribution in [3.05, 3.63) is 0 Å². The van der Waals surface area contributed by atoms with E-state index < -0.39 is 7.26 Å². The van der Waals surface area contributed by atoms with Crippen molar-refractivity contribution in [1.29, 1.82) is 0 Å². The van der Waals surface area contributed by atoms with Gasteiger partial charge in [-0.3, -0.25) is 0 Å². The molecule has 0 aromatic carbocycles. The van der Waals surface area contributed by atoms with Gasteiger partial charge in [-0.2, -0.15) is 0 Å². The molecule has 0 fully saturated rings. The van der Waals surface area contributed by atoms with E-state index in [-0.39, 0.29) is 0 Å². The van der Waals surface area contributed by atoms with Crippen LogP contribution in [0, 0.1) is 0 Å². The van der Waals surface area contributed by atoms with Gasteiger partial charge in [-0.15, -0.1) is 0 Å². The van der Waals surface area contributed by atoms with Crippen molar-refractivity contribution in [3.63, 3.8) is 0 Å². The van der Waals surface area contributed by atoms with Crippen molar-refractivity contribution >= 4 is 7.26 Å². The summed E-state index contributed by atoms with van der Waals surface area (Å²) in [6.07, 6.45) is 5.72. The average molecular weight is 176 g/mol. The molecule has 1 heteroatoms. The molecule has 0 heterocycles. The van der Waals surface area contributed by atoms with Crippen molar-refractivity contribution in [2.75, 3.05) is 19.5 Å². The maximum atomic E-state index is 2.54. The van der Waals surface area contributed by atoms with Gasteiger partial charge in [-0.25, -0.2) is 0 Å². The zero-order valence-electron chi connectivity index (χ0n) is 8.91. The summed E-state index contributed by atoms with van der Waals surface area (Å²) in [6.45, 7) is 12.1. The first-order chi connectivity index (χ1) is 5.04. The van der Waals surface area contributed by atoms with Crippen LogP contribution in [-0.4, -0.2) is 25.2 Å². The van der Waals surface area contributed by atoms with Crippen molar-refractivity contribution < 1.29 is 0 Å². The van der Waals surface area contributed by atoms with E-state index in [0.717, 1.165) is 5.66 Å². The van der Waals surface area contributed by atoms with Crippen LogP contribution < -0.4 is 0 Å². The minimum atomic E-state index is -0.828. The first-order valence-corrected chi connectivity index (χ1v) is 8.33. The average Bonchev–Trinajstić information content (AvgIpc) is 1.99. The molecule has 0 bridgehead atoms. The Morgan fingerprint density at radius 2 is 1.73 bits per heavy atom. The molecule has 0 spiro atoms. The summed E-state index contributed by atoms with van der Waals surface area (Å²) < 4.78 is 0. The van der Waals surface area contributed by atoms with Gasteiger partial charge in [0.15, 0.2) is 0 Å². The number of hydrogen-bond donors (Lipinski definition) is 0. The molecule has 0 rings (SSSR count).